The Kier molecular flexibility index (Phi) is 2.68. The molecule has 0 saturated carbocycles. The Bertz CT molecular complexity index is 513. The molecule has 0 spiro atoms. The Morgan fingerprint density at radius 2 is 2.27 bits per heavy atom. The molecule has 0 aromatic carbocycles. The molecule has 78 valence electrons. The largest absolute Gasteiger partial charge is 0.359 e. The average Bonchev–Trinajstić information content (AvgIpc) is 2.66. The first-order valence-corrected chi connectivity index (χ1v) is 5.69. The fraction of sp³-hybridized carbons (Fsp3) is 0.273. The molecule has 0 radical (unpaired) electrons. The SMILES string of the molecule is CC(C)c1csc(-c2cc(=O)cc[nH]2)n1. The minimum Gasteiger partial charge on any atom is -0.359 e. The Labute approximate surface area is 91.8 Å². The number of nitrogens with one attached hydrogen (secondary N) is 1. The highest BCUT2D eigenvalue weighted by atomic mass is 32.1. The van der Waals surface area contributed by atoms with Gasteiger partial charge in [-0.15, -0.1) is 11.3 Å². The number of aromatic amines is 1. The van der Waals surface area contributed by atoms with Crippen LogP contribution in [0.25, 0.3) is 10.7 Å². The van der Waals surface area contributed by atoms with Crippen LogP contribution in [0.4, 0.5) is 0 Å². The third-order valence-corrected chi connectivity index (χ3v) is 3.01. The van der Waals surface area contributed by atoms with Crippen LogP contribution in [0.3, 0.4) is 0 Å². The summed E-state index contributed by atoms with van der Waals surface area (Å²) in [5.41, 5.74) is 1.86. The van der Waals surface area contributed by atoms with Crippen LogP contribution < -0.4 is 5.43 Å². The summed E-state index contributed by atoms with van der Waals surface area (Å²) in [6.07, 6.45) is 1.65. The average molecular weight is 220 g/mol. The van der Waals surface area contributed by atoms with Gasteiger partial charge in [0.2, 0.25) is 0 Å². The Morgan fingerprint density at radius 1 is 1.47 bits per heavy atom. The third-order valence-electron chi connectivity index (χ3n) is 2.12. The highest BCUT2D eigenvalue weighted by Gasteiger charge is 2.07. The molecule has 2 aromatic heterocycles. The van der Waals surface area contributed by atoms with Crippen LogP contribution in [-0.4, -0.2) is 9.97 Å². The van der Waals surface area contributed by atoms with Crippen molar-refractivity contribution in [3.8, 4) is 10.7 Å². The van der Waals surface area contributed by atoms with Crippen molar-refractivity contribution in [1.82, 2.24) is 9.97 Å². The van der Waals surface area contributed by atoms with E-state index in [4.69, 9.17) is 0 Å². The standard InChI is InChI=1S/C11H12N2OS/c1-7(2)10-6-15-11(13-10)9-5-8(14)3-4-12-9/h3-7H,1-2H3,(H,12,14). The summed E-state index contributed by atoms with van der Waals surface area (Å²) in [5.74, 6) is 0.422. The Hall–Kier alpha value is -1.42. The van der Waals surface area contributed by atoms with E-state index in [9.17, 15) is 4.79 Å². The van der Waals surface area contributed by atoms with Crippen molar-refractivity contribution in [2.45, 2.75) is 19.8 Å². The molecule has 0 aliphatic heterocycles. The molecule has 0 aliphatic carbocycles. The van der Waals surface area contributed by atoms with Crippen LogP contribution in [0.15, 0.2) is 28.5 Å². The van der Waals surface area contributed by atoms with Gasteiger partial charge in [-0.3, -0.25) is 4.79 Å². The molecule has 0 amide bonds. The Morgan fingerprint density at radius 3 is 2.87 bits per heavy atom. The summed E-state index contributed by atoms with van der Waals surface area (Å²) in [6, 6.07) is 3.07. The van der Waals surface area contributed by atoms with Crippen molar-refractivity contribution < 1.29 is 0 Å². The predicted molar refractivity (Wildman–Crippen MR) is 62.3 cm³/mol. The van der Waals surface area contributed by atoms with E-state index in [-0.39, 0.29) is 5.43 Å². The van der Waals surface area contributed by atoms with Gasteiger partial charge in [0.15, 0.2) is 5.43 Å². The number of H-pyrrole nitrogens is 1. The molecule has 2 rings (SSSR count). The molecule has 3 nitrogen and oxygen atoms in total. The van der Waals surface area contributed by atoms with Gasteiger partial charge in [0.25, 0.3) is 0 Å². The van der Waals surface area contributed by atoms with E-state index in [1.807, 2.05) is 5.38 Å². The number of hydrogen-bond acceptors (Lipinski definition) is 3. The summed E-state index contributed by atoms with van der Waals surface area (Å²) in [4.78, 5) is 18.7. The first kappa shape index (κ1) is 10.1. The summed E-state index contributed by atoms with van der Waals surface area (Å²) in [7, 11) is 0. The summed E-state index contributed by atoms with van der Waals surface area (Å²) < 4.78 is 0. The molecule has 0 atom stereocenters. The van der Waals surface area contributed by atoms with Crippen molar-refractivity contribution in [2.75, 3.05) is 0 Å². The zero-order chi connectivity index (χ0) is 10.8. The zero-order valence-corrected chi connectivity index (χ0v) is 9.47. The van der Waals surface area contributed by atoms with Gasteiger partial charge in [-0.1, -0.05) is 13.8 Å². The number of nitrogens with zero attached hydrogens (tertiary/aromatic N) is 1. The number of thiazole rings is 1. The minimum absolute atomic E-state index is 0.00467. The minimum atomic E-state index is 0.00467. The van der Waals surface area contributed by atoms with Gasteiger partial charge in [0.1, 0.15) is 5.01 Å². The lowest BCUT2D eigenvalue weighted by Gasteiger charge is -1.97. The van der Waals surface area contributed by atoms with E-state index in [1.165, 1.54) is 6.07 Å². The van der Waals surface area contributed by atoms with Crippen LogP contribution in [0.1, 0.15) is 25.5 Å². The maximum Gasteiger partial charge on any atom is 0.182 e. The maximum atomic E-state index is 11.2. The second kappa shape index (κ2) is 3.98. The van der Waals surface area contributed by atoms with E-state index >= 15 is 0 Å². The fourth-order valence-corrected chi connectivity index (χ4v) is 2.20. The highest BCUT2D eigenvalue weighted by Crippen LogP contribution is 2.24. The molecule has 15 heavy (non-hydrogen) atoms. The molecule has 2 heterocycles. The van der Waals surface area contributed by atoms with Crippen LogP contribution in [0.5, 0.6) is 0 Å². The maximum absolute atomic E-state index is 11.2. The molecule has 1 N–H and O–H groups in total. The van der Waals surface area contributed by atoms with E-state index in [0.29, 0.717) is 5.92 Å². The number of pyridine rings is 1. The van der Waals surface area contributed by atoms with Gasteiger partial charge >= 0.3 is 0 Å². The molecule has 0 aliphatic rings. The quantitative estimate of drug-likeness (QED) is 0.845. The molecular weight excluding hydrogens is 208 g/mol. The lowest BCUT2D eigenvalue weighted by molar-refractivity contribution is 0.834. The van der Waals surface area contributed by atoms with E-state index < -0.39 is 0 Å². The van der Waals surface area contributed by atoms with E-state index in [1.54, 1.807) is 23.6 Å². The molecule has 2 aromatic rings. The lowest BCUT2D eigenvalue weighted by Crippen LogP contribution is -1.98. The van der Waals surface area contributed by atoms with Crippen LogP contribution in [0, 0.1) is 0 Å². The normalized spacial score (nSPS) is 10.9. The summed E-state index contributed by atoms with van der Waals surface area (Å²) in [6.45, 7) is 4.21. The molecule has 0 saturated heterocycles. The molecule has 0 unspecified atom stereocenters. The first-order valence-electron chi connectivity index (χ1n) is 4.81. The number of hydrogen-bond donors (Lipinski definition) is 1. The van der Waals surface area contributed by atoms with Crippen LogP contribution in [0.2, 0.25) is 0 Å². The monoisotopic (exact) mass is 220 g/mol. The predicted octanol–water partition coefficient (Wildman–Crippen LogP) is 2.62. The topological polar surface area (TPSA) is 45.8 Å². The third kappa shape index (κ3) is 2.15. The smallest absolute Gasteiger partial charge is 0.182 e. The molecule has 0 fully saturated rings. The van der Waals surface area contributed by atoms with Gasteiger partial charge in [0.05, 0.1) is 11.4 Å². The lowest BCUT2D eigenvalue weighted by atomic mass is 10.2. The highest BCUT2D eigenvalue weighted by molar-refractivity contribution is 7.13. The Balaban J connectivity index is 2.41. The summed E-state index contributed by atoms with van der Waals surface area (Å²) >= 11 is 1.56. The van der Waals surface area contributed by atoms with Crippen molar-refractivity contribution in [3.63, 3.8) is 0 Å². The van der Waals surface area contributed by atoms with Gasteiger partial charge in [-0.2, -0.15) is 0 Å². The van der Waals surface area contributed by atoms with Crippen LogP contribution in [-0.2, 0) is 0 Å². The number of aromatic nitrogens is 2. The second-order valence-electron chi connectivity index (χ2n) is 3.67. The molecular formula is C11H12N2OS. The van der Waals surface area contributed by atoms with Crippen molar-refractivity contribution >= 4 is 11.3 Å². The van der Waals surface area contributed by atoms with E-state index in [0.717, 1.165) is 16.4 Å². The zero-order valence-electron chi connectivity index (χ0n) is 8.65. The number of rotatable bonds is 2. The molecule has 4 heteroatoms. The second-order valence-corrected chi connectivity index (χ2v) is 4.53. The van der Waals surface area contributed by atoms with E-state index in [2.05, 4.69) is 23.8 Å². The summed E-state index contributed by atoms with van der Waals surface area (Å²) in [5, 5.41) is 2.90. The van der Waals surface area contributed by atoms with Crippen molar-refractivity contribution in [1.29, 1.82) is 0 Å². The van der Waals surface area contributed by atoms with Gasteiger partial charge in [-0.25, -0.2) is 4.98 Å². The van der Waals surface area contributed by atoms with Crippen molar-refractivity contribution in [3.05, 3.63) is 39.6 Å². The van der Waals surface area contributed by atoms with Crippen molar-refractivity contribution in [2.24, 2.45) is 0 Å². The van der Waals surface area contributed by atoms with Crippen LogP contribution >= 0.6 is 11.3 Å². The van der Waals surface area contributed by atoms with Gasteiger partial charge in [-0.05, 0) is 5.92 Å². The van der Waals surface area contributed by atoms with Gasteiger partial charge < -0.3 is 4.98 Å². The first-order chi connectivity index (χ1) is 7.16. The van der Waals surface area contributed by atoms with Gasteiger partial charge in [0, 0.05) is 23.7 Å². The molecule has 0 bridgehead atoms. The fourth-order valence-electron chi connectivity index (χ4n) is 1.24.